The number of carbonyl (C=O) groups excluding carboxylic acids is 2. The number of aliphatic hydroxyl groups is 1. The van der Waals surface area contributed by atoms with Gasteiger partial charge in [-0.1, -0.05) is 6.92 Å². The third-order valence-electron chi connectivity index (χ3n) is 5.00. The average Bonchev–Trinajstić information content (AvgIpc) is 3.30. The molecule has 1 atom stereocenters. The molecule has 0 aliphatic carbocycles. The molecule has 1 fully saturated rings. The zero-order valence-electron chi connectivity index (χ0n) is 15.1. The first-order valence-electron chi connectivity index (χ1n) is 9.19. The maximum atomic E-state index is 12.7. The summed E-state index contributed by atoms with van der Waals surface area (Å²) in [5, 5.41) is 11.0. The minimum absolute atomic E-state index is 0.0695. The minimum atomic E-state index is -0.716. The van der Waals surface area contributed by atoms with Crippen LogP contribution in [0.3, 0.4) is 0 Å². The van der Waals surface area contributed by atoms with Gasteiger partial charge in [-0.2, -0.15) is 0 Å². The van der Waals surface area contributed by atoms with Gasteiger partial charge in [0.25, 0.3) is 11.7 Å². The molecule has 1 unspecified atom stereocenters. The number of fused-ring (bicyclic) bond motifs is 1. The Morgan fingerprint density at radius 1 is 1.30 bits per heavy atom. The number of likely N-dealkylation sites (tertiary alicyclic amines) is 1. The van der Waals surface area contributed by atoms with Crippen LogP contribution < -0.4 is 4.74 Å². The van der Waals surface area contributed by atoms with Gasteiger partial charge in [0.15, 0.2) is 0 Å². The van der Waals surface area contributed by atoms with Gasteiger partial charge in [-0.3, -0.25) is 9.59 Å². The molecule has 1 saturated heterocycles. The van der Waals surface area contributed by atoms with Crippen molar-refractivity contribution in [2.75, 3.05) is 13.2 Å². The summed E-state index contributed by atoms with van der Waals surface area (Å²) in [6.45, 7) is 3.02. The van der Waals surface area contributed by atoms with Gasteiger partial charge in [0.05, 0.1) is 18.4 Å². The Bertz CT molecular complexity index is 913. The highest BCUT2D eigenvalue weighted by molar-refractivity contribution is 6.46. The molecule has 0 bridgehead atoms. The van der Waals surface area contributed by atoms with Crippen molar-refractivity contribution >= 4 is 17.4 Å². The van der Waals surface area contributed by atoms with Crippen molar-refractivity contribution in [1.29, 1.82) is 0 Å². The van der Waals surface area contributed by atoms with E-state index < -0.39 is 17.7 Å². The summed E-state index contributed by atoms with van der Waals surface area (Å²) in [6.07, 6.45) is 3.95. The number of rotatable bonds is 4. The first-order valence-corrected chi connectivity index (χ1v) is 9.19. The monoisotopic (exact) mass is 367 g/mol. The van der Waals surface area contributed by atoms with E-state index in [1.165, 1.54) is 11.2 Å². The summed E-state index contributed by atoms with van der Waals surface area (Å²) in [7, 11) is 0. The van der Waals surface area contributed by atoms with Crippen molar-refractivity contribution in [3.05, 3.63) is 59.1 Å². The molecule has 3 heterocycles. The molecule has 6 heteroatoms. The lowest BCUT2D eigenvalue weighted by molar-refractivity contribution is -0.140. The Balaban J connectivity index is 1.83. The molecule has 6 nitrogen and oxygen atoms in total. The lowest BCUT2D eigenvalue weighted by Gasteiger charge is -2.22. The van der Waals surface area contributed by atoms with Crippen molar-refractivity contribution in [1.82, 2.24) is 4.90 Å². The number of amides is 1. The van der Waals surface area contributed by atoms with Gasteiger partial charge in [0.1, 0.15) is 23.3 Å². The number of benzene rings is 1. The summed E-state index contributed by atoms with van der Waals surface area (Å²) >= 11 is 0. The molecule has 2 aliphatic rings. The zero-order valence-corrected chi connectivity index (χ0v) is 15.1. The number of ketones is 1. The molecule has 27 heavy (non-hydrogen) atoms. The van der Waals surface area contributed by atoms with Crippen molar-refractivity contribution < 1.29 is 23.8 Å². The van der Waals surface area contributed by atoms with Gasteiger partial charge in [0, 0.05) is 12.1 Å². The van der Waals surface area contributed by atoms with Crippen LogP contribution in [0, 0.1) is 0 Å². The fourth-order valence-corrected chi connectivity index (χ4v) is 3.76. The number of furan rings is 1. The second-order valence-electron chi connectivity index (χ2n) is 6.78. The number of aliphatic hydroxyl groups excluding tert-OH is 1. The van der Waals surface area contributed by atoms with E-state index in [1.807, 2.05) is 13.0 Å². The van der Waals surface area contributed by atoms with Gasteiger partial charge >= 0.3 is 0 Å². The van der Waals surface area contributed by atoms with Crippen molar-refractivity contribution in [3.8, 4) is 5.75 Å². The van der Waals surface area contributed by atoms with Gasteiger partial charge < -0.3 is 19.2 Å². The van der Waals surface area contributed by atoms with Crippen LogP contribution in [0.4, 0.5) is 0 Å². The quantitative estimate of drug-likeness (QED) is 0.509. The third-order valence-corrected chi connectivity index (χ3v) is 5.00. The Kier molecular flexibility index (Phi) is 4.48. The summed E-state index contributed by atoms with van der Waals surface area (Å²) in [5.41, 5.74) is 1.56. The Morgan fingerprint density at radius 2 is 2.15 bits per heavy atom. The molecule has 0 radical (unpaired) electrons. The maximum absolute atomic E-state index is 12.7. The van der Waals surface area contributed by atoms with Crippen LogP contribution in [-0.4, -0.2) is 34.8 Å². The standard InChI is InChI=1S/C21H21NO5/c1-2-9-22-18(16-6-4-11-27-16)17(20(24)21(22)25)19(23)14-7-8-15-13(12-14)5-3-10-26-15/h4,6-8,11-12,18,23H,2-3,5,9-10H2,1H3/b19-17-. The maximum Gasteiger partial charge on any atom is 0.295 e. The summed E-state index contributed by atoms with van der Waals surface area (Å²) < 4.78 is 11.1. The van der Waals surface area contributed by atoms with E-state index in [-0.39, 0.29) is 11.3 Å². The fraction of sp³-hybridized carbons (Fsp3) is 0.333. The third kappa shape index (κ3) is 2.91. The number of ether oxygens (including phenoxy) is 1. The smallest absolute Gasteiger partial charge is 0.295 e. The first kappa shape index (κ1) is 17.4. The van der Waals surface area contributed by atoms with E-state index in [1.54, 1.807) is 24.3 Å². The van der Waals surface area contributed by atoms with Crippen LogP contribution in [-0.2, 0) is 16.0 Å². The molecule has 0 spiro atoms. The van der Waals surface area contributed by atoms with Gasteiger partial charge in [-0.25, -0.2) is 0 Å². The molecule has 1 amide bonds. The fourth-order valence-electron chi connectivity index (χ4n) is 3.76. The van der Waals surface area contributed by atoms with Crippen LogP contribution in [0.2, 0.25) is 0 Å². The SMILES string of the molecule is CCCN1C(=O)C(=O)/C(=C(\O)c2ccc3c(c2)CCCO3)C1c1ccco1. The van der Waals surface area contributed by atoms with Crippen LogP contribution in [0.1, 0.15) is 42.7 Å². The number of carbonyl (C=O) groups is 2. The number of aryl methyl sites for hydroxylation is 1. The number of hydrogen-bond donors (Lipinski definition) is 1. The summed E-state index contributed by atoms with van der Waals surface area (Å²) in [4.78, 5) is 26.7. The second-order valence-corrected chi connectivity index (χ2v) is 6.78. The molecule has 2 aromatic rings. The minimum Gasteiger partial charge on any atom is -0.507 e. The van der Waals surface area contributed by atoms with Gasteiger partial charge in [-0.05, 0) is 55.2 Å². The topological polar surface area (TPSA) is 80.0 Å². The zero-order chi connectivity index (χ0) is 19.0. The van der Waals surface area contributed by atoms with Crippen molar-refractivity contribution in [2.24, 2.45) is 0 Å². The van der Waals surface area contributed by atoms with E-state index in [0.29, 0.717) is 30.9 Å². The Morgan fingerprint density at radius 3 is 2.89 bits per heavy atom. The molecule has 0 saturated carbocycles. The lowest BCUT2D eigenvalue weighted by Crippen LogP contribution is -2.30. The lowest BCUT2D eigenvalue weighted by atomic mass is 9.96. The van der Waals surface area contributed by atoms with Crippen LogP contribution >= 0.6 is 0 Å². The first-order chi connectivity index (χ1) is 13.1. The highest BCUT2D eigenvalue weighted by Crippen LogP contribution is 2.40. The van der Waals surface area contributed by atoms with E-state index in [4.69, 9.17) is 9.15 Å². The van der Waals surface area contributed by atoms with Crippen LogP contribution in [0.5, 0.6) is 5.75 Å². The van der Waals surface area contributed by atoms with E-state index in [2.05, 4.69) is 0 Å². The van der Waals surface area contributed by atoms with E-state index >= 15 is 0 Å². The molecule has 140 valence electrons. The Hall–Kier alpha value is -3.02. The summed E-state index contributed by atoms with van der Waals surface area (Å²) in [6, 6.07) is 8.05. The van der Waals surface area contributed by atoms with E-state index in [9.17, 15) is 14.7 Å². The molecular formula is C21H21NO5. The highest BCUT2D eigenvalue weighted by Gasteiger charge is 2.47. The number of Topliss-reactive ketones (excluding diaryl/α,β-unsaturated/α-hetero) is 1. The molecule has 1 N–H and O–H groups in total. The largest absolute Gasteiger partial charge is 0.507 e. The number of hydrogen-bond acceptors (Lipinski definition) is 5. The summed E-state index contributed by atoms with van der Waals surface area (Å²) in [5.74, 6) is -0.212. The highest BCUT2D eigenvalue weighted by atomic mass is 16.5. The average molecular weight is 367 g/mol. The van der Waals surface area contributed by atoms with Crippen LogP contribution in [0.25, 0.3) is 5.76 Å². The molecule has 1 aromatic heterocycles. The molecule has 2 aliphatic heterocycles. The normalized spacial score (nSPS) is 21.2. The van der Waals surface area contributed by atoms with Crippen LogP contribution in [0.15, 0.2) is 46.6 Å². The predicted octanol–water partition coefficient (Wildman–Crippen LogP) is 3.44. The van der Waals surface area contributed by atoms with Crippen molar-refractivity contribution in [2.45, 2.75) is 32.2 Å². The van der Waals surface area contributed by atoms with Gasteiger partial charge in [-0.15, -0.1) is 0 Å². The molecule has 4 rings (SSSR count). The van der Waals surface area contributed by atoms with E-state index in [0.717, 1.165) is 24.2 Å². The second kappa shape index (κ2) is 6.95. The molecular weight excluding hydrogens is 346 g/mol. The molecule has 1 aromatic carbocycles. The van der Waals surface area contributed by atoms with Crippen molar-refractivity contribution in [3.63, 3.8) is 0 Å². The van der Waals surface area contributed by atoms with Gasteiger partial charge in [0.2, 0.25) is 0 Å². The number of nitrogens with zero attached hydrogens (tertiary/aromatic N) is 1. The Labute approximate surface area is 157 Å². The predicted molar refractivity (Wildman–Crippen MR) is 98.3 cm³/mol.